The van der Waals surface area contributed by atoms with Gasteiger partial charge in [-0.2, -0.15) is 5.10 Å². The molecule has 8 nitrogen and oxygen atoms in total. The molecule has 0 aliphatic rings. The number of aromatic nitrogens is 2. The average molecular weight is 388 g/mol. The van der Waals surface area contributed by atoms with E-state index in [-0.39, 0.29) is 22.3 Å². The van der Waals surface area contributed by atoms with Gasteiger partial charge in [0.25, 0.3) is 15.9 Å². The van der Waals surface area contributed by atoms with E-state index >= 15 is 0 Å². The lowest BCUT2D eigenvalue weighted by molar-refractivity contribution is 0.0828. The molecule has 2 N–H and O–H groups in total. The number of furan rings is 1. The summed E-state index contributed by atoms with van der Waals surface area (Å²) < 4.78 is 33.6. The van der Waals surface area contributed by atoms with Crippen molar-refractivity contribution < 1.29 is 17.6 Å². The van der Waals surface area contributed by atoms with Crippen molar-refractivity contribution in [1.29, 1.82) is 0 Å². The fourth-order valence-electron chi connectivity index (χ4n) is 2.56. The van der Waals surface area contributed by atoms with Crippen LogP contribution in [0.15, 0.2) is 45.8 Å². The van der Waals surface area contributed by atoms with E-state index in [0.29, 0.717) is 16.9 Å². The van der Waals surface area contributed by atoms with E-state index in [0.717, 1.165) is 5.56 Å². The maximum absolute atomic E-state index is 12.7. The largest absolute Gasteiger partial charge is 0.458 e. The quantitative estimate of drug-likeness (QED) is 0.699. The van der Waals surface area contributed by atoms with Gasteiger partial charge in [0.1, 0.15) is 16.3 Å². The van der Waals surface area contributed by atoms with Crippen molar-refractivity contribution in [3.8, 4) is 11.5 Å². The zero-order chi connectivity index (χ0) is 19.8. The molecule has 1 aromatic carbocycles. The summed E-state index contributed by atoms with van der Waals surface area (Å²) in [6.07, 6.45) is 1.38. The van der Waals surface area contributed by atoms with Gasteiger partial charge in [0.05, 0.1) is 11.8 Å². The highest BCUT2D eigenvalue weighted by Gasteiger charge is 2.25. The van der Waals surface area contributed by atoms with Crippen molar-refractivity contribution in [2.24, 2.45) is 0 Å². The molecule has 0 aliphatic carbocycles. The average Bonchev–Trinajstić information content (AvgIpc) is 3.22. The van der Waals surface area contributed by atoms with Gasteiger partial charge in [0.2, 0.25) is 0 Å². The molecule has 27 heavy (non-hydrogen) atoms. The summed E-state index contributed by atoms with van der Waals surface area (Å²) in [6, 6.07) is 8.38. The third kappa shape index (κ3) is 3.72. The highest BCUT2D eigenvalue weighted by molar-refractivity contribution is 7.92. The van der Waals surface area contributed by atoms with Crippen molar-refractivity contribution in [2.75, 3.05) is 18.8 Å². The SMILES string of the molecule is Cc1ccc(NS(=O)(=O)c2cc(-c3[nH]ncc3C(=O)N(C)C)oc2C)cc1. The molecular weight excluding hydrogens is 368 g/mol. The van der Waals surface area contributed by atoms with E-state index in [4.69, 9.17) is 4.42 Å². The first-order valence-electron chi connectivity index (χ1n) is 8.14. The smallest absolute Gasteiger partial charge is 0.265 e. The number of sulfonamides is 1. The molecule has 142 valence electrons. The Morgan fingerprint density at radius 2 is 1.85 bits per heavy atom. The van der Waals surface area contributed by atoms with Crippen molar-refractivity contribution in [1.82, 2.24) is 15.1 Å². The Hall–Kier alpha value is -3.07. The van der Waals surface area contributed by atoms with Crippen LogP contribution in [-0.4, -0.2) is 43.5 Å². The molecule has 0 fully saturated rings. The Kier molecular flexibility index (Phi) is 4.79. The van der Waals surface area contributed by atoms with Gasteiger partial charge < -0.3 is 9.32 Å². The lowest BCUT2D eigenvalue weighted by Gasteiger charge is -2.08. The van der Waals surface area contributed by atoms with Crippen LogP contribution in [0.4, 0.5) is 5.69 Å². The summed E-state index contributed by atoms with van der Waals surface area (Å²) >= 11 is 0. The van der Waals surface area contributed by atoms with Crippen LogP contribution in [0.1, 0.15) is 21.7 Å². The van der Waals surface area contributed by atoms with Crippen LogP contribution in [0, 0.1) is 13.8 Å². The van der Waals surface area contributed by atoms with Gasteiger partial charge in [0, 0.05) is 25.8 Å². The molecule has 0 saturated heterocycles. The van der Waals surface area contributed by atoms with Crippen LogP contribution < -0.4 is 4.72 Å². The zero-order valence-electron chi connectivity index (χ0n) is 15.4. The minimum atomic E-state index is -3.85. The minimum absolute atomic E-state index is 0.00377. The Morgan fingerprint density at radius 3 is 2.48 bits per heavy atom. The van der Waals surface area contributed by atoms with Gasteiger partial charge >= 0.3 is 0 Å². The lowest BCUT2D eigenvalue weighted by Crippen LogP contribution is -2.21. The van der Waals surface area contributed by atoms with Gasteiger partial charge in [-0.05, 0) is 26.0 Å². The van der Waals surface area contributed by atoms with E-state index in [1.54, 1.807) is 33.2 Å². The van der Waals surface area contributed by atoms with E-state index in [9.17, 15) is 13.2 Å². The van der Waals surface area contributed by atoms with Gasteiger partial charge in [-0.25, -0.2) is 8.42 Å². The molecule has 0 bridgehead atoms. The van der Waals surface area contributed by atoms with Crippen molar-refractivity contribution >= 4 is 21.6 Å². The van der Waals surface area contributed by atoms with Crippen LogP contribution in [0.25, 0.3) is 11.5 Å². The maximum atomic E-state index is 12.7. The maximum Gasteiger partial charge on any atom is 0.265 e. The number of nitrogens with one attached hydrogen (secondary N) is 2. The molecule has 0 aliphatic heterocycles. The molecule has 3 aromatic rings. The van der Waals surface area contributed by atoms with Gasteiger partial charge in [0.15, 0.2) is 5.76 Å². The van der Waals surface area contributed by atoms with Crippen molar-refractivity contribution in [2.45, 2.75) is 18.7 Å². The fraction of sp³-hybridized carbons (Fsp3) is 0.222. The molecular formula is C18H20N4O4S. The predicted octanol–water partition coefficient (Wildman–Crippen LogP) is 2.79. The Bertz CT molecular complexity index is 1080. The molecule has 0 radical (unpaired) electrons. The summed E-state index contributed by atoms with van der Waals surface area (Å²) in [5.41, 5.74) is 2.10. The molecule has 0 saturated carbocycles. The molecule has 1 amide bonds. The predicted molar refractivity (Wildman–Crippen MR) is 101 cm³/mol. The number of benzene rings is 1. The molecule has 0 atom stereocenters. The van der Waals surface area contributed by atoms with Gasteiger partial charge in [-0.15, -0.1) is 0 Å². The highest BCUT2D eigenvalue weighted by Crippen LogP contribution is 2.30. The number of carbonyl (C=O) groups is 1. The number of H-pyrrole nitrogens is 1. The first-order valence-corrected chi connectivity index (χ1v) is 9.62. The standard InChI is InChI=1S/C18H20N4O4S/c1-11-5-7-13(8-6-11)21-27(24,25)16-9-15(26-12(16)2)17-14(10-19-20-17)18(23)22(3)4/h5-10,21H,1-4H3,(H,19,20). The highest BCUT2D eigenvalue weighted by atomic mass is 32.2. The van der Waals surface area contributed by atoms with E-state index < -0.39 is 10.0 Å². The number of rotatable bonds is 5. The third-order valence-electron chi connectivity index (χ3n) is 3.99. The Morgan fingerprint density at radius 1 is 1.19 bits per heavy atom. The first kappa shape index (κ1) is 18.7. The Labute approximate surface area is 157 Å². The van der Waals surface area contributed by atoms with Gasteiger partial charge in [-0.1, -0.05) is 17.7 Å². The number of amides is 1. The number of aryl methyl sites for hydroxylation is 2. The second-order valence-corrected chi connectivity index (χ2v) is 8.01. The normalized spacial score (nSPS) is 11.4. The van der Waals surface area contributed by atoms with E-state index in [1.165, 1.54) is 17.2 Å². The molecule has 0 unspecified atom stereocenters. The Balaban J connectivity index is 1.96. The van der Waals surface area contributed by atoms with Crippen LogP contribution in [0.2, 0.25) is 0 Å². The number of anilines is 1. The molecule has 0 spiro atoms. The zero-order valence-corrected chi connectivity index (χ0v) is 16.2. The second-order valence-electron chi connectivity index (χ2n) is 6.36. The van der Waals surface area contributed by atoms with E-state index in [1.807, 2.05) is 19.1 Å². The van der Waals surface area contributed by atoms with Crippen molar-refractivity contribution in [3.05, 3.63) is 53.4 Å². The topological polar surface area (TPSA) is 108 Å². The van der Waals surface area contributed by atoms with Crippen molar-refractivity contribution in [3.63, 3.8) is 0 Å². The summed E-state index contributed by atoms with van der Waals surface area (Å²) in [5, 5.41) is 6.58. The first-order chi connectivity index (χ1) is 12.7. The lowest BCUT2D eigenvalue weighted by atomic mass is 10.2. The molecule has 2 heterocycles. The molecule has 2 aromatic heterocycles. The summed E-state index contributed by atoms with van der Waals surface area (Å²) in [7, 11) is -0.612. The van der Waals surface area contributed by atoms with Crippen LogP contribution >= 0.6 is 0 Å². The minimum Gasteiger partial charge on any atom is -0.458 e. The summed E-state index contributed by atoms with van der Waals surface area (Å²) in [5.74, 6) is 0.164. The van der Waals surface area contributed by atoms with Crippen LogP contribution in [0.3, 0.4) is 0 Å². The number of nitrogens with zero attached hydrogens (tertiary/aromatic N) is 2. The van der Waals surface area contributed by atoms with Crippen LogP contribution in [-0.2, 0) is 10.0 Å². The molecule has 3 rings (SSSR count). The number of hydrogen-bond acceptors (Lipinski definition) is 5. The fourth-order valence-corrected chi connectivity index (χ4v) is 3.80. The number of carbonyl (C=O) groups excluding carboxylic acids is 1. The summed E-state index contributed by atoms with van der Waals surface area (Å²) in [4.78, 5) is 13.7. The van der Waals surface area contributed by atoms with Gasteiger partial charge in [-0.3, -0.25) is 14.6 Å². The van der Waals surface area contributed by atoms with E-state index in [2.05, 4.69) is 14.9 Å². The molecule has 9 heteroatoms. The number of aromatic amines is 1. The summed E-state index contributed by atoms with van der Waals surface area (Å²) in [6.45, 7) is 3.47. The monoisotopic (exact) mass is 388 g/mol. The third-order valence-corrected chi connectivity index (χ3v) is 5.48. The van der Waals surface area contributed by atoms with Crippen LogP contribution in [0.5, 0.6) is 0 Å². The second kappa shape index (κ2) is 6.92. The number of hydrogen-bond donors (Lipinski definition) is 2.